The molecule has 0 fully saturated rings. The number of fused-ring (bicyclic) bond motifs is 1. The summed E-state index contributed by atoms with van der Waals surface area (Å²) >= 11 is 1.30. The monoisotopic (exact) mass is 352 g/mol. The molecule has 25 heavy (non-hydrogen) atoms. The van der Waals surface area contributed by atoms with E-state index in [1.807, 2.05) is 24.3 Å². The maximum absolute atomic E-state index is 13.3. The molecule has 124 valence electrons. The maximum atomic E-state index is 13.3. The largest absolute Gasteiger partial charge is 0.321 e. The van der Waals surface area contributed by atoms with Crippen molar-refractivity contribution < 1.29 is 9.18 Å². The molecule has 7 heteroatoms. The van der Waals surface area contributed by atoms with Crippen LogP contribution in [0.3, 0.4) is 0 Å². The van der Waals surface area contributed by atoms with Crippen molar-refractivity contribution in [2.75, 3.05) is 5.32 Å². The second kappa shape index (κ2) is 6.45. The minimum Gasteiger partial charge on any atom is -0.321 e. The van der Waals surface area contributed by atoms with Gasteiger partial charge in [0.05, 0.1) is 23.1 Å². The van der Waals surface area contributed by atoms with Gasteiger partial charge in [0.1, 0.15) is 12.4 Å². The van der Waals surface area contributed by atoms with Crippen molar-refractivity contribution in [3.05, 3.63) is 66.1 Å². The van der Waals surface area contributed by atoms with Crippen molar-refractivity contribution in [1.29, 1.82) is 0 Å². The molecule has 1 amide bonds. The lowest BCUT2D eigenvalue weighted by molar-refractivity contribution is -0.116. The molecule has 0 radical (unpaired) electrons. The first-order chi connectivity index (χ1) is 12.2. The SMILES string of the molecule is O=C(Cn1cnc2ccccc21)Nc1nc(-c2cccc(F)c2)cs1. The molecule has 0 saturated carbocycles. The van der Waals surface area contributed by atoms with Gasteiger partial charge in [0, 0.05) is 10.9 Å². The Balaban J connectivity index is 1.48. The normalized spacial score (nSPS) is 10.9. The molecule has 0 bridgehead atoms. The van der Waals surface area contributed by atoms with Crippen molar-refractivity contribution in [2.45, 2.75) is 6.54 Å². The number of hydrogen-bond acceptors (Lipinski definition) is 4. The predicted molar refractivity (Wildman–Crippen MR) is 95.9 cm³/mol. The molecule has 0 unspecified atom stereocenters. The first-order valence-electron chi connectivity index (χ1n) is 7.60. The number of carbonyl (C=O) groups is 1. The third-order valence-electron chi connectivity index (χ3n) is 3.71. The van der Waals surface area contributed by atoms with Crippen LogP contribution in [0.15, 0.2) is 60.2 Å². The number of imidazole rings is 1. The lowest BCUT2D eigenvalue weighted by Gasteiger charge is -2.04. The minimum atomic E-state index is -0.317. The van der Waals surface area contributed by atoms with Crippen LogP contribution in [0.25, 0.3) is 22.3 Å². The Kier molecular flexibility index (Phi) is 3.99. The average molecular weight is 352 g/mol. The van der Waals surface area contributed by atoms with Crippen molar-refractivity contribution >= 4 is 33.4 Å². The first-order valence-corrected chi connectivity index (χ1v) is 8.48. The number of rotatable bonds is 4. The third kappa shape index (κ3) is 3.27. The van der Waals surface area contributed by atoms with Crippen LogP contribution in [0.2, 0.25) is 0 Å². The lowest BCUT2D eigenvalue weighted by Crippen LogP contribution is -2.18. The zero-order chi connectivity index (χ0) is 17.2. The zero-order valence-corrected chi connectivity index (χ0v) is 13.8. The van der Waals surface area contributed by atoms with Crippen molar-refractivity contribution in [1.82, 2.24) is 14.5 Å². The molecule has 5 nitrogen and oxygen atoms in total. The second-order valence-corrected chi connectivity index (χ2v) is 6.32. The van der Waals surface area contributed by atoms with E-state index in [1.54, 1.807) is 28.4 Å². The van der Waals surface area contributed by atoms with Gasteiger partial charge in [0.2, 0.25) is 5.91 Å². The van der Waals surface area contributed by atoms with Gasteiger partial charge in [0.15, 0.2) is 5.13 Å². The smallest absolute Gasteiger partial charge is 0.246 e. The summed E-state index contributed by atoms with van der Waals surface area (Å²) in [6, 6.07) is 13.8. The van der Waals surface area contributed by atoms with Crippen LogP contribution < -0.4 is 5.32 Å². The fraction of sp³-hybridized carbons (Fsp3) is 0.0556. The summed E-state index contributed by atoms with van der Waals surface area (Å²) in [6.45, 7) is 0.148. The van der Waals surface area contributed by atoms with Crippen LogP contribution in [0.4, 0.5) is 9.52 Å². The van der Waals surface area contributed by atoms with Gasteiger partial charge in [-0.1, -0.05) is 24.3 Å². The van der Waals surface area contributed by atoms with Gasteiger partial charge in [-0.25, -0.2) is 14.4 Å². The highest BCUT2D eigenvalue weighted by atomic mass is 32.1. The Hall–Kier alpha value is -3.06. The molecule has 0 atom stereocenters. The van der Waals surface area contributed by atoms with Crippen LogP contribution >= 0.6 is 11.3 Å². The number of nitrogens with one attached hydrogen (secondary N) is 1. The molecule has 4 aromatic rings. The molecule has 0 aliphatic heterocycles. The van der Waals surface area contributed by atoms with E-state index in [-0.39, 0.29) is 18.3 Å². The van der Waals surface area contributed by atoms with E-state index in [0.29, 0.717) is 16.4 Å². The number of amides is 1. The Bertz CT molecular complexity index is 1060. The summed E-state index contributed by atoms with van der Waals surface area (Å²) in [5, 5.41) is 5.04. The molecule has 0 aliphatic carbocycles. The minimum absolute atomic E-state index is 0.148. The summed E-state index contributed by atoms with van der Waals surface area (Å²) < 4.78 is 15.1. The van der Waals surface area contributed by atoms with E-state index in [0.717, 1.165) is 11.0 Å². The lowest BCUT2D eigenvalue weighted by atomic mass is 10.2. The number of aromatic nitrogens is 3. The zero-order valence-electron chi connectivity index (χ0n) is 13.0. The highest BCUT2D eigenvalue weighted by molar-refractivity contribution is 7.14. The fourth-order valence-electron chi connectivity index (χ4n) is 2.56. The number of thiazole rings is 1. The number of para-hydroxylation sites is 2. The van der Waals surface area contributed by atoms with Crippen LogP contribution in [0.1, 0.15) is 0 Å². The predicted octanol–water partition coefficient (Wildman–Crippen LogP) is 3.94. The summed E-state index contributed by atoms with van der Waals surface area (Å²) in [5.41, 5.74) is 3.06. The van der Waals surface area contributed by atoms with E-state index >= 15 is 0 Å². The van der Waals surface area contributed by atoms with Gasteiger partial charge in [-0.15, -0.1) is 11.3 Å². The molecule has 0 saturated heterocycles. The first kappa shape index (κ1) is 15.5. The topological polar surface area (TPSA) is 59.8 Å². The number of anilines is 1. The maximum Gasteiger partial charge on any atom is 0.246 e. The van der Waals surface area contributed by atoms with Crippen LogP contribution in [0.5, 0.6) is 0 Å². The molecule has 1 N–H and O–H groups in total. The van der Waals surface area contributed by atoms with E-state index in [1.165, 1.54) is 23.5 Å². The molecule has 0 spiro atoms. The number of hydrogen-bond donors (Lipinski definition) is 1. The molecule has 0 aliphatic rings. The van der Waals surface area contributed by atoms with Crippen LogP contribution in [-0.2, 0) is 11.3 Å². The van der Waals surface area contributed by atoms with E-state index < -0.39 is 0 Å². The van der Waals surface area contributed by atoms with Crippen molar-refractivity contribution in [3.63, 3.8) is 0 Å². The number of nitrogens with zero attached hydrogens (tertiary/aromatic N) is 3. The van der Waals surface area contributed by atoms with E-state index in [4.69, 9.17) is 0 Å². The molecular formula is C18H13FN4OS. The Morgan fingerprint density at radius 2 is 2.08 bits per heavy atom. The molecule has 4 rings (SSSR count). The number of carbonyl (C=O) groups excluding carboxylic acids is 1. The van der Waals surface area contributed by atoms with Gasteiger partial charge < -0.3 is 9.88 Å². The molecule has 2 aromatic heterocycles. The summed E-state index contributed by atoms with van der Waals surface area (Å²) in [4.78, 5) is 20.9. The summed E-state index contributed by atoms with van der Waals surface area (Å²) in [5.74, 6) is -0.508. The molecule has 2 aromatic carbocycles. The quantitative estimate of drug-likeness (QED) is 0.605. The van der Waals surface area contributed by atoms with Crippen molar-refractivity contribution in [2.24, 2.45) is 0 Å². The molecular weight excluding hydrogens is 339 g/mol. The average Bonchev–Trinajstić information content (AvgIpc) is 3.23. The standard InChI is InChI=1S/C18H13FN4OS/c19-13-5-3-4-12(8-13)15-10-25-18(21-15)22-17(24)9-23-11-20-14-6-1-2-7-16(14)23/h1-8,10-11H,9H2,(H,21,22,24). The summed E-state index contributed by atoms with van der Waals surface area (Å²) in [7, 11) is 0. The van der Waals surface area contributed by atoms with Crippen molar-refractivity contribution in [3.8, 4) is 11.3 Å². The van der Waals surface area contributed by atoms with Gasteiger partial charge in [-0.3, -0.25) is 4.79 Å². The number of benzene rings is 2. The Labute approximate surface area is 146 Å². The van der Waals surface area contributed by atoms with Gasteiger partial charge >= 0.3 is 0 Å². The molecule has 2 heterocycles. The highest BCUT2D eigenvalue weighted by Crippen LogP contribution is 2.25. The van der Waals surface area contributed by atoms with E-state index in [2.05, 4.69) is 15.3 Å². The third-order valence-corrected chi connectivity index (χ3v) is 4.47. The van der Waals surface area contributed by atoms with Crippen LogP contribution in [-0.4, -0.2) is 20.4 Å². The van der Waals surface area contributed by atoms with E-state index in [9.17, 15) is 9.18 Å². The van der Waals surface area contributed by atoms with Gasteiger partial charge in [-0.05, 0) is 24.3 Å². The number of halogens is 1. The Morgan fingerprint density at radius 1 is 1.20 bits per heavy atom. The summed E-state index contributed by atoms with van der Waals surface area (Å²) in [6.07, 6.45) is 1.64. The second-order valence-electron chi connectivity index (χ2n) is 5.46. The van der Waals surface area contributed by atoms with Gasteiger partial charge in [0.25, 0.3) is 0 Å². The van der Waals surface area contributed by atoms with Crippen LogP contribution in [0, 0.1) is 5.82 Å². The fourth-order valence-corrected chi connectivity index (χ4v) is 3.30. The van der Waals surface area contributed by atoms with Gasteiger partial charge in [-0.2, -0.15) is 0 Å². The Morgan fingerprint density at radius 3 is 2.96 bits per heavy atom. The highest BCUT2D eigenvalue weighted by Gasteiger charge is 2.10.